The Morgan fingerprint density at radius 3 is 2.52 bits per heavy atom. The highest BCUT2D eigenvalue weighted by atomic mass is 35.5. The molecule has 1 aromatic heterocycles. The van der Waals surface area contributed by atoms with Crippen molar-refractivity contribution < 1.29 is 4.74 Å². The molecule has 0 bridgehead atoms. The normalized spacial score (nSPS) is 20.1. The summed E-state index contributed by atoms with van der Waals surface area (Å²) in [6.07, 6.45) is 3.10. The van der Waals surface area contributed by atoms with Crippen molar-refractivity contribution in [2.24, 2.45) is 10.7 Å². The zero-order chi connectivity index (χ0) is 23.8. The van der Waals surface area contributed by atoms with E-state index >= 15 is 0 Å². The van der Waals surface area contributed by atoms with Crippen molar-refractivity contribution in [3.63, 3.8) is 0 Å². The maximum Gasteiger partial charge on any atom is 0.227 e. The highest BCUT2D eigenvalue weighted by Gasteiger charge is 2.40. The predicted octanol–water partition coefficient (Wildman–Crippen LogP) is 3.84. The molecule has 0 atom stereocenters. The zero-order valence-electron chi connectivity index (χ0n) is 19.5. The first-order valence-corrected chi connectivity index (χ1v) is 11.8. The van der Waals surface area contributed by atoms with E-state index in [1.165, 1.54) is 6.20 Å². The molecule has 2 saturated heterocycles. The molecule has 0 saturated carbocycles. The third-order valence-corrected chi connectivity index (χ3v) is 6.52. The average Bonchev–Trinajstić information content (AvgIpc) is 2.74. The van der Waals surface area contributed by atoms with Crippen LogP contribution in [0.5, 0.6) is 0 Å². The van der Waals surface area contributed by atoms with Crippen molar-refractivity contribution in [2.45, 2.75) is 38.8 Å². The Labute approximate surface area is 204 Å². The maximum atomic E-state index is 6.65. The van der Waals surface area contributed by atoms with Crippen molar-refractivity contribution >= 4 is 50.9 Å². The summed E-state index contributed by atoms with van der Waals surface area (Å²) < 4.78 is 5.43. The topological polar surface area (TPSA) is 91.9 Å². The second kappa shape index (κ2) is 9.25. The van der Waals surface area contributed by atoms with Gasteiger partial charge in [-0.2, -0.15) is 0 Å². The van der Waals surface area contributed by atoms with E-state index in [0.29, 0.717) is 16.7 Å². The molecule has 4 rings (SSSR count). The molecule has 8 nitrogen and oxygen atoms in total. The summed E-state index contributed by atoms with van der Waals surface area (Å²) in [4.78, 5) is 18.3. The molecule has 1 aromatic carbocycles. The molecule has 10 heteroatoms. The molecule has 2 aromatic rings. The highest BCUT2D eigenvalue weighted by molar-refractivity contribution is 6.69. The van der Waals surface area contributed by atoms with E-state index in [0.717, 1.165) is 56.0 Å². The maximum absolute atomic E-state index is 6.65. The number of hydrogen-bond donors (Lipinski definition) is 2. The third kappa shape index (κ3) is 5.35. The number of nitrogens with one attached hydrogen (secondary N) is 1. The van der Waals surface area contributed by atoms with Gasteiger partial charge >= 0.3 is 0 Å². The first-order valence-electron chi connectivity index (χ1n) is 11.1. The van der Waals surface area contributed by atoms with Crippen LogP contribution >= 0.6 is 23.2 Å². The Hall–Kier alpha value is -2.13. The van der Waals surface area contributed by atoms with Gasteiger partial charge in [-0.15, -0.1) is 0 Å². The van der Waals surface area contributed by atoms with Crippen LogP contribution in [0.1, 0.15) is 27.7 Å². The quantitative estimate of drug-likeness (QED) is 0.613. The second-order valence-electron chi connectivity index (χ2n) is 9.80. The van der Waals surface area contributed by atoms with Gasteiger partial charge in [0.15, 0.2) is 0 Å². The number of rotatable bonds is 5. The lowest BCUT2D eigenvalue weighted by Crippen LogP contribution is -2.64. The zero-order valence-corrected chi connectivity index (χ0v) is 21.0. The van der Waals surface area contributed by atoms with Crippen LogP contribution in [0.2, 0.25) is 5.02 Å². The molecular formula is C23H31Cl2N7O. The minimum atomic E-state index is -0.337. The van der Waals surface area contributed by atoms with E-state index < -0.39 is 0 Å². The van der Waals surface area contributed by atoms with Gasteiger partial charge in [-0.1, -0.05) is 23.2 Å². The Morgan fingerprint density at radius 1 is 1.24 bits per heavy atom. The fraction of sp³-hybridized carbons (Fsp3) is 0.522. The van der Waals surface area contributed by atoms with Crippen LogP contribution < -0.4 is 16.0 Å². The lowest BCUT2D eigenvalue weighted by Gasteiger charge is -2.50. The molecule has 2 fully saturated rings. The van der Waals surface area contributed by atoms with Crippen LogP contribution in [-0.4, -0.2) is 70.5 Å². The summed E-state index contributed by atoms with van der Waals surface area (Å²) in [6, 6.07) is 3.93. The second-order valence-corrected chi connectivity index (χ2v) is 10.6. The molecule has 3 heterocycles. The van der Waals surface area contributed by atoms with Gasteiger partial charge in [0.1, 0.15) is 5.17 Å². The van der Waals surface area contributed by atoms with Crippen molar-refractivity contribution in [3.8, 4) is 0 Å². The summed E-state index contributed by atoms with van der Waals surface area (Å²) in [5.41, 5.74) is 7.81. The van der Waals surface area contributed by atoms with E-state index in [1.54, 1.807) is 6.20 Å². The van der Waals surface area contributed by atoms with Gasteiger partial charge in [-0.3, -0.25) is 9.89 Å². The lowest BCUT2D eigenvalue weighted by molar-refractivity contribution is -0.131. The van der Waals surface area contributed by atoms with Crippen LogP contribution in [0.4, 0.5) is 11.6 Å². The summed E-state index contributed by atoms with van der Waals surface area (Å²) in [5.74, 6) is 0.387. The smallest absolute Gasteiger partial charge is 0.227 e. The SMILES string of the molecule is CC(C)(C)N=C(Cl)/C(=C\N)Nc1ncc2cc(Cl)c(N3CCN(C4(C)COC4)CC3)cc2n1. The van der Waals surface area contributed by atoms with Crippen LogP contribution in [0.25, 0.3) is 10.9 Å². The standard InChI is InChI=1S/C23H31Cl2N7O/c1-22(2,3)30-20(25)18(11-26)29-21-27-12-15-9-16(24)19(10-17(15)28-21)31-5-7-32(8-6-31)23(4)13-33-14-23/h9-12H,5-8,13-14,26H2,1-4H3,(H,27,28,29)/b18-11+,30-20?. The Kier molecular flexibility index (Phi) is 6.73. The Bertz CT molecular complexity index is 1080. The van der Waals surface area contributed by atoms with E-state index in [9.17, 15) is 0 Å². The van der Waals surface area contributed by atoms with Crippen molar-refractivity contribution in [3.05, 3.63) is 35.2 Å². The van der Waals surface area contributed by atoms with Gasteiger partial charge in [0.05, 0.1) is 46.2 Å². The lowest BCUT2D eigenvalue weighted by atomic mass is 9.97. The van der Waals surface area contributed by atoms with Crippen molar-refractivity contribution in [1.82, 2.24) is 14.9 Å². The van der Waals surface area contributed by atoms with E-state index in [-0.39, 0.29) is 16.2 Å². The summed E-state index contributed by atoms with van der Waals surface area (Å²) in [7, 11) is 0. The molecule has 2 aliphatic heterocycles. The largest absolute Gasteiger partial charge is 0.403 e. The van der Waals surface area contributed by atoms with Gasteiger partial charge in [0, 0.05) is 44.0 Å². The number of allylic oxidation sites excluding steroid dienone is 1. The van der Waals surface area contributed by atoms with Crippen molar-refractivity contribution in [1.29, 1.82) is 0 Å². The number of nitrogens with two attached hydrogens (primary N) is 1. The molecular weight excluding hydrogens is 461 g/mol. The first-order chi connectivity index (χ1) is 15.6. The minimum Gasteiger partial charge on any atom is -0.403 e. The molecule has 0 unspecified atom stereocenters. The van der Waals surface area contributed by atoms with Gasteiger partial charge in [0.25, 0.3) is 0 Å². The van der Waals surface area contributed by atoms with Gasteiger partial charge < -0.3 is 20.7 Å². The number of ether oxygens (including phenoxy) is 1. The fourth-order valence-electron chi connectivity index (χ4n) is 4.05. The predicted molar refractivity (Wildman–Crippen MR) is 136 cm³/mol. The number of fused-ring (bicyclic) bond motifs is 1. The van der Waals surface area contributed by atoms with E-state index in [4.69, 9.17) is 33.7 Å². The van der Waals surface area contributed by atoms with Gasteiger partial charge in [-0.25, -0.2) is 9.97 Å². The molecule has 0 amide bonds. The van der Waals surface area contributed by atoms with Crippen LogP contribution in [-0.2, 0) is 4.74 Å². The number of aromatic nitrogens is 2. The molecule has 0 spiro atoms. The van der Waals surface area contributed by atoms with Gasteiger partial charge in [-0.05, 0) is 39.8 Å². The van der Waals surface area contributed by atoms with Crippen LogP contribution in [0, 0.1) is 0 Å². The third-order valence-electron chi connectivity index (χ3n) is 5.93. The van der Waals surface area contributed by atoms with Crippen LogP contribution in [0.15, 0.2) is 35.2 Å². The Balaban J connectivity index is 1.53. The number of anilines is 2. The average molecular weight is 492 g/mol. The molecule has 33 heavy (non-hydrogen) atoms. The molecule has 0 aliphatic carbocycles. The number of hydrogen-bond acceptors (Lipinski definition) is 8. The molecule has 3 N–H and O–H groups in total. The number of aliphatic imine (C=N–C) groups is 1. The Morgan fingerprint density at radius 2 is 1.94 bits per heavy atom. The van der Waals surface area contributed by atoms with E-state index in [2.05, 4.69) is 37.0 Å². The molecule has 2 aliphatic rings. The minimum absolute atomic E-state index is 0.166. The number of benzene rings is 1. The first kappa shape index (κ1) is 24.0. The van der Waals surface area contributed by atoms with Crippen LogP contribution in [0.3, 0.4) is 0 Å². The fourth-order valence-corrected chi connectivity index (χ4v) is 4.70. The summed E-state index contributed by atoms with van der Waals surface area (Å²) in [5, 5.41) is 4.91. The number of piperazine rings is 1. The van der Waals surface area contributed by atoms with E-state index in [1.807, 2.05) is 32.9 Å². The van der Waals surface area contributed by atoms with Crippen molar-refractivity contribution in [2.75, 3.05) is 49.6 Å². The monoisotopic (exact) mass is 491 g/mol. The summed E-state index contributed by atoms with van der Waals surface area (Å²) >= 11 is 13.0. The molecule has 0 radical (unpaired) electrons. The molecule has 178 valence electrons. The summed E-state index contributed by atoms with van der Waals surface area (Å²) in [6.45, 7) is 13.5. The number of halogens is 2. The number of nitrogens with zero attached hydrogens (tertiary/aromatic N) is 5. The highest BCUT2D eigenvalue weighted by Crippen LogP contribution is 2.33. The van der Waals surface area contributed by atoms with Gasteiger partial charge in [0.2, 0.25) is 5.95 Å².